The Bertz CT molecular complexity index is 1280. The van der Waals surface area contributed by atoms with Crippen LogP contribution in [0.5, 0.6) is 0 Å². The van der Waals surface area contributed by atoms with E-state index in [4.69, 9.17) is 4.98 Å². The Morgan fingerprint density at radius 3 is 2.66 bits per heavy atom. The first kappa shape index (κ1) is 20.7. The summed E-state index contributed by atoms with van der Waals surface area (Å²) in [5.74, 6) is -0.393. The average molecular weight is 463 g/mol. The summed E-state index contributed by atoms with van der Waals surface area (Å²) in [4.78, 5) is 35.1. The van der Waals surface area contributed by atoms with Crippen molar-refractivity contribution in [3.05, 3.63) is 70.4 Å². The Labute approximate surface area is 194 Å². The van der Waals surface area contributed by atoms with Gasteiger partial charge in [0.05, 0.1) is 26.3 Å². The van der Waals surface area contributed by atoms with Crippen LogP contribution in [0.3, 0.4) is 0 Å². The first-order chi connectivity index (χ1) is 15.6. The molecule has 0 bridgehead atoms. The molecule has 0 saturated carbocycles. The van der Waals surface area contributed by atoms with Crippen molar-refractivity contribution in [1.82, 2.24) is 4.98 Å². The number of anilines is 3. The lowest BCUT2D eigenvalue weighted by atomic mass is 10.1. The number of rotatable bonds is 5. The van der Waals surface area contributed by atoms with Crippen molar-refractivity contribution in [1.29, 1.82) is 0 Å². The van der Waals surface area contributed by atoms with Crippen LogP contribution in [0.1, 0.15) is 32.9 Å². The number of para-hydroxylation sites is 1. The molecule has 32 heavy (non-hydrogen) atoms. The fourth-order valence-corrected chi connectivity index (χ4v) is 5.62. The molecule has 1 N–H and O–H groups in total. The van der Waals surface area contributed by atoms with Crippen LogP contribution in [0, 0.1) is 0 Å². The highest BCUT2D eigenvalue weighted by Gasteiger charge is 2.21. The molecule has 0 unspecified atom stereocenters. The molecule has 2 aromatic heterocycles. The van der Waals surface area contributed by atoms with Crippen LogP contribution >= 0.6 is 22.7 Å². The molecule has 6 nitrogen and oxygen atoms in total. The van der Waals surface area contributed by atoms with Crippen molar-refractivity contribution in [3.8, 4) is 0 Å². The Hall–Kier alpha value is -3.23. The maximum atomic E-state index is 13.1. The van der Waals surface area contributed by atoms with E-state index in [1.807, 2.05) is 35.7 Å². The highest BCUT2D eigenvalue weighted by Crippen LogP contribution is 2.33. The SMILES string of the molecule is CN(C(=O)c1cccs1)c1ccccc1C(=O)Nc1ccc2nc(N3CCCC3)sc2c1. The molecule has 2 amide bonds. The standard InChI is InChI=1S/C24H22N4O2S2/c1-27(23(30)20-9-6-14-31-20)19-8-3-2-7-17(19)22(29)25-16-10-11-18-21(15-16)32-24(26-18)28-12-4-5-13-28/h2-3,6-11,14-15H,4-5,12-13H2,1H3,(H,25,29). The first-order valence-corrected chi connectivity index (χ1v) is 12.2. The largest absolute Gasteiger partial charge is 0.348 e. The number of nitrogens with zero attached hydrogens (tertiary/aromatic N) is 3. The summed E-state index contributed by atoms with van der Waals surface area (Å²) in [7, 11) is 1.69. The van der Waals surface area contributed by atoms with Gasteiger partial charge in [-0.05, 0) is 54.6 Å². The number of hydrogen-bond donors (Lipinski definition) is 1. The number of thiophene rings is 1. The van der Waals surface area contributed by atoms with Crippen LogP contribution in [-0.2, 0) is 0 Å². The number of hydrogen-bond acceptors (Lipinski definition) is 6. The van der Waals surface area contributed by atoms with Gasteiger partial charge >= 0.3 is 0 Å². The number of aromatic nitrogens is 1. The molecule has 1 aliphatic heterocycles. The molecule has 0 radical (unpaired) electrons. The quantitative estimate of drug-likeness (QED) is 0.426. The second-order valence-electron chi connectivity index (χ2n) is 7.69. The smallest absolute Gasteiger partial charge is 0.268 e. The van der Waals surface area contributed by atoms with Crippen LogP contribution in [0.2, 0.25) is 0 Å². The van der Waals surface area contributed by atoms with Crippen molar-refractivity contribution in [3.63, 3.8) is 0 Å². The average Bonchev–Trinajstić information content (AvgIpc) is 3.59. The maximum absolute atomic E-state index is 13.1. The van der Waals surface area contributed by atoms with Crippen molar-refractivity contribution < 1.29 is 9.59 Å². The van der Waals surface area contributed by atoms with Gasteiger partial charge in [0.1, 0.15) is 0 Å². The van der Waals surface area contributed by atoms with E-state index in [1.165, 1.54) is 29.1 Å². The van der Waals surface area contributed by atoms with E-state index in [2.05, 4.69) is 10.2 Å². The van der Waals surface area contributed by atoms with Gasteiger partial charge in [-0.2, -0.15) is 0 Å². The molecule has 3 heterocycles. The first-order valence-electron chi connectivity index (χ1n) is 10.5. The van der Waals surface area contributed by atoms with Gasteiger partial charge in [-0.3, -0.25) is 9.59 Å². The molecule has 5 rings (SSSR count). The molecule has 0 spiro atoms. The number of carbonyl (C=O) groups is 2. The molecule has 0 aliphatic carbocycles. The van der Waals surface area contributed by atoms with Gasteiger partial charge in [-0.15, -0.1) is 11.3 Å². The molecule has 1 aliphatic rings. The van der Waals surface area contributed by atoms with E-state index >= 15 is 0 Å². The Morgan fingerprint density at radius 1 is 1.06 bits per heavy atom. The minimum absolute atomic E-state index is 0.138. The fraction of sp³-hybridized carbons (Fsp3) is 0.208. The normalized spacial score (nSPS) is 13.5. The summed E-state index contributed by atoms with van der Waals surface area (Å²) in [6.45, 7) is 2.11. The summed E-state index contributed by atoms with van der Waals surface area (Å²) >= 11 is 3.04. The Kier molecular flexibility index (Phi) is 5.63. The summed E-state index contributed by atoms with van der Waals surface area (Å²) in [5, 5.41) is 5.90. The third-order valence-corrected chi connectivity index (χ3v) is 7.50. The van der Waals surface area contributed by atoms with E-state index < -0.39 is 0 Å². The zero-order chi connectivity index (χ0) is 22.1. The number of benzene rings is 2. The number of carbonyl (C=O) groups excluding carboxylic acids is 2. The number of nitrogens with one attached hydrogen (secondary N) is 1. The van der Waals surface area contributed by atoms with Crippen molar-refractivity contribution >= 4 is 61.2 Å². The minimum Gasteiger partial charge on any atom is -0.348 e. The molecule has 1 saturated heterocycles. The zero-order valence-corrected chi connectivity index (χ0v) is 19.2. The summed E-state index contributed by atoms with van der Waals surface area (Å²) in [6.07, 6.45) is 2.42. The van der Waals surface area contributed by atoms with Crippen molar-refractivity contribution in [2.24, 2.45) is 0 Å². The molecule has 4 aromatic rings. The molecular weight excluding hydrogens is 440 g/mol. The third kappa shape index (κ3) is 3.99. The van der Waals surface area contributed by atoms with Crippen LogP contribution in [0.15, 0.2) is 60.0 Å². The molecular formula is C24H22N4O2S2. The van der Waals surface area contributed by atoms with Gasteiger partial charge < -0.3 is 15.1 Å². The molecule has 2 aromatic carbocycles. The lowest BCUT2D eigenvalue weighted by Gasteiger charge is -2.20. The molecule has 1 fully saturated rings. The van der Waals surface area contributed by atoms with Gasteiger partial charge in [0, 0.05) is 25.8 Å². The highest BCUT2D eigenvalue weighted by atomic mass is 32.1. The van der Waals surface area contributed by atoms with E-state index in [0.717, 1.165) is 28.4 Å². The summed E-state index contributed by atoms with van der Waals surface area (Å²) in [5.41, 5.74) is 2.67. The van der Waals surface area contributed by atoms with Gasteiger partial charge in [-0.25, -0.2) is 4.98 Å². The zero-order valence-electron chi connectivity index (χ0n) is 17.6. The summed E-state index contributed by atoms with van der Waals surface area (Å²) in [6, 6.07) is 16.6. The monoisotopic (exact) mass is 462 g/mol. The van der Waals surface area contributed by atoms with Crippen molar-refractivity contribution in [2.45, 2.75) is 12.8 Å². The van der Waals surface area contributed by atoms with Gasteiger partial charge in [-0.1, -0.05) is 29.5 Å². The Morgan fingerprint density at radius 2 is 1.88 bits per heavy atom. The predicted molar refractivity (Wildman–Crippen MR) is 133 cm³/mol. The van der Waals surface area contributed by atoms with E-state index in [0.29, 0.717) is 21.8 Å². The topological polar surface area (TPSA) is 65.5 Å². The van der Waals surface area contributed by atoms with Gasteiger partial charge in [0.25, 0.3) is 11.8 Å². The Balaban J connectivity index is 1.38. The lowest BCUT2D eigenvalue weighted by molar-refractivity contribution is 0.0996. The van der Waals surface area contributed by atoms with Crippen LogP contribution < -0.4 is 15.1 Å². The highest BCUT2D eigenvalue weighted by molar-refractivity contribution is 7.22. The van der Waals surface area contributed by atoms with Crippen molar-refractivity contribution in [2.75, 3.05) is 35.3 Å². The van der Waals surface area contributed by atoms with Crippen LogP contribution in [0.4, 0.5) is 16.5 Å². The number of fused-ring (bicyclic) bond motifs is 1. The lowest BCUT2D eigenvalue weighted by Crippen LogP contribution is -2.28. The second-order valence-corrected chi connectivity index (χ2v) is 9.64. The molecule has 0 atom stereocenters. The van der Waals surface area contributed by atoms with E-state index in [9.17, 15) is 9.59 Å². The maximum Gasteiger partial charge on any atom is 0.268 e. The number of thiazole rings is 1. The third-order valence-electron chi connectivity index (χ3n) is 5.56. The minimum atomic E-state index is -0.255. The van der Waals surface area contributed by atoms with E-state index in [1.54, 1.807) is 42.6 Å². The van der Waals surface area contributed by atoms with Gasteiger partial charge in [0.15, 0.2) is 5.13 Å². The molecule has 8 heteroatoms. The number of amides is 2. The van der Waals surface area contributed by atoms with Crippen LogP contribution in [0.25, 0.3) is 10.2 Å². The van der Waals surface area contributed by atoms with Gasteiger partial charge in [0.2, 0.25) is 0 Å². The van der Waals surface area contributed by atoms with Crippen LogP contribution in [-0.4, -0.2) is 36.9 Å². The molecule has 162 valence electrons. The predicted octanol–water partition coefficient (Wildman–Crippen LogP) is 5.49. The second kappa shape index (κ2) is 8.72. The fourth-order valence-electron chi connectivity index (χ4n) is 3.87. The van der Waals surface area contributed by atoms with E-state index in [-0.39, 0.29) is 11.8 Å². The summed E-state index contributed by atoms with van der Waals surface area (Å²) < 4.78 is 1.04.